The van der Waals surface area contributed by atoms with Crippen molar-refractivity contribution in [3.8, 4) is 17.2 Å². The Bertz CT molecular complexity index is 1240. The van der Waals surface area contributed by atoms with E-state index in [1.54, 1.807) is 6.92 Å². The predicted molar refractivity (Wildman–Crippen MR) is 116 cm³/mol. The fraction of sp³-hybridized carbons (Fsp3) is 0.261. The molecule has 1 heterocycles. The molecule has 2 aromatic carbocycles. The zero-order valence-corrected chi connectivity index (χ0v) is 18.6. The maximum atomic E-state index is 13.5. The third-order valence-electron chi connectivity index (χ3n) is 5.82. The Morgan fingerprint density at radius 1 is 1.24 bits per heavy atom. The summed E-state index contributed by atoms with van der Waals surface area (Å²) < 4.78 is 30.0. The summed E-state index contributed by atoms with van der Waals surface area (Å²) in [7, 11) is 2.77. The summed E-state index contributed by atoms with van der Waals surface area (Å²) >= 11 is 6.36. The number of rotatable bonds is 5. The molecule has 1 aliphatic carbocycles. The van der Waals surface area contributed by atoms with Gasteiger partial charge in [-0.3, -0.25) is 9.59 Å². The molecule has 0 fully saturated rings. The first-order valence-electron chi connectivity index (χ1n) is 9.87. The standard InChI is InChI=1S/C23H19ClFNO7/c1-10-6-12(26-14-5-4-11(25)7-13(14)22(29)30)8-17(27)23(10)21(28)18-15(31-2)9-16(32-3)19(24)20(18)33-23/h4-5,7-10,26H,6H2,1-3H3,(H,29,30). The molecule has 1 aliphatic heterocycles. The molecule has 0 saturated heterocycles. The van der Waals surface area contributed by atoms with Crippen LogP contribution in [0.5, 0.6) is 17.2 Å². The summed E-state index contributed by atoms with van der Waals surface area (Å²) in [6.07, 6.45) is 1.36. The van der Waals surface area contributed by atoms with Crippen LogP contribution in [0.25, 0.3) is 0 Å². The van der Waals surface area contributed by atoms with E-state index in [2.05, 4.69) is 5.32 Å². The highest BCUT2D eigenvalue weighted by atomic mass is 35.5. The molecule has 2 aliphatic rings. The van der Waals surface area contributed by atoms with E-state index < -0.39 is 34.9 Å². The van der Waals surface area contributed by atoms with E-state index in [9.17, 15) is 23.9 Å². The van der Waals surface area contributed by atoms with Crippen LogP contribution in [0.3, 0.4) is 0 Å². The summed E-state index contributed by atoms with van der Waals surface area (Å²) in [6, 6.07) is 4.70. The number of carboxylic acids is 1. The number of ether oxygens (including phenoxy) is 3. The van der Waals surface area contributed by atoms with Gasteiger partial charge in [0, 0.05) is 23.8 Å². The van der Waals surface area contributed by atoms with E-state index in [0.717, 1.165) is 12.1 Å². The Balaban J connectivity index is 1.73. The van der Waals surface area contributed by atoms with Crippen LogP contribution in [0, 0.1) is 11.7 Å². The van der Waals surface area contributed by atoms with Gasteiger partial charge in [0.15, 0.2) is 5.75 Å². The number of methoxy groups -OCH3 is 2. The van der Waals surface area contributed by atoms with Crippen molar-refractivity contribution in [3.63, 3.8) is 0 Å². The first-order chi connectivity index (χ1) is 15.6. The molecule has 10 heteroatoms. The second-order valence-electron chi connectivity index (χ2n) is 7.73. The number of carbonyl (C=O) groups excluding carboxylic acids is 2. The minimum absolute atomic E-state index is 0.00886. The third kappa shape index (κ3) is 3.39. The van der Waals surface area contributed by atoms with E-state index in [-0.39, 0.29) is 45.5 Å². The normalized spacial score (nSPS) is 21.4. The van der Waals surface area contributed by atoms with Gasteiger partial charge in [-0.25, -0.2) is 9.18 Å². The van der Waals surface area contributed by atoms with Gasteiger partial charge < -0.3 is 24.6 Å². The molecule has 4 rings (SSSR count). The largest absolute Gasteiger partial charge is 0.496 e. The van der Waals surface area contributed by atoms with Crippen LogP contribution in [0.15, 0.2) is 36.0 Å². The number of anilines is 1. The number of carboxylic acid groups (broad SMARTS) is 1. The number of halogens is 2. The van der Waals surface area contributed by atoms with Gasteiger partial charge in [0.05, 0.1) is 25.5 Å². The van der Waals surface area contributed by atoms with E-state index in [4.69, 9.17) is 25.8 Å². The van der Waals surface area contributed by atoms with Crippen molar-refractivity contribution >= 4 is 34.8 Å². The van der Waals surface area contributed by atoms with Crippen LogP contribution in [-0.4, -0.2) is 42.5 Å². The third-order valence-corrected chi connectivity index (χ3v) is 6.18. The highest BCUT2D eigenvalue weighted by molar-refractivity contribution is 6.36. The summed E-state index contributed by atoms with van der Waals surface area (Å²) in [6.45, 7) is 1.66. The molecule has 0 bridgehead atoms. The van der Waals surface area contributed by atoms with Crippen molar-refractivity contribution in [2.75, 3.05) is 19.5 Å². The number of fused-ring (bicyclic) bond motifs is 1. The summed E-state index contributed by atoms with van der Waals surface area (Å²) in [4.78, 5) is 38.2. The molecule has 2 N–H and O–H groups in total. The van der Waals surface area contributed by atoms with Gasteiger partial charge in [-0.1, -0.05) is 18.5 Å². The van der Waals surface area contributed by atoms with E-state index in [1.807, 2.05) is 0 Å². The predicted octanol–water partition coefficient (Wildman–Crippen LogP) is 4.11. The Morgan fingerprint density at radius 2 is 1.94 bits per heavy atom. The fourth-order valence-corrected chi connectivity index (χ4v) is 4.46. The molecule has 2 unspecified atom stereocenters. The van der Waals surface area contributed by atoms with Crippen molar-refractivity contribution in [2.24, 2.45) is 5.92 Å². The van der Waals surface area contributed by atoms with Crippen molar-refractivity contribution in [2.45, 2.75) is 18.9 Å². The highest BCUT2D eigenvalue weighted by Gasteiger charge is 2.60. The van der Waals surface area contributed by atoms with Gasteiger partial charge in [0.2, 0.25) is 17.2 Å². The average molecular weight is 476 g/mol. The first kappa shape index (κ1) is 22.6. The lowest BCUT2D eigenvalue weighted by atomic mass is 9.74. The monoisotopic (exact) mass is 475 g/mol. The van der Waals surface area contributed by atoms with Crippen LogP contribution < -0.4 is 19.5 Å². The molecule has 0 saturated carbocycles. The number of hydrogen-bond donors (Lipinski definition) is 2. The zero-order chi connectivity index (χ0) is 24.1. The summed E-state index contributed by atoms with van der Waals surface area (Å²) in [5, 5.41) is 12.3. The van der Waals surface area contributed by atoms with Crippen LogP contribution in [0.2, 0.25) is 5.02 Å². The minimum atomic E-state index is -1.85. The molecule has 2 atom stereocenters. The molecule has 2 aromatic rings. The molecule has 1 spiro atoms. The van der Waals surface area contributed by atoms with E-state index in [0.29, 0.717) is 5.70 Å². The van der Waals surface area contributed by atoms with Crippen LogP contribution in [0.1, 0.15) is 34.1 Å². The number of aromatic carboxylic acids is 1. The second-order valence-corrected chi connectivity index (χ2v) is 8.10. The molecule has 172 valence electrons. The Labute approximate surface area is 192 Å². The minimum Gasteiger partial charge on any atom is -0.496 e. The fourth-order valence-electron chi connectivity index (χ4n) is 4.19. The highest BCUT2D eigenvalue weighted by Crippen LogP contribution is 2.53. The molecular formula is C23H19ClFNO7. The van der Waals surface area contributed by atoms with Crippen molar-refractivity contribution < 1.29 is 38.1 Å². The van der Waals surface area contributed by atoms with Gasteiger partial charge >= 0.3 is 5.97 Å². The lowest BCUT2D eigenvalue weighted by Crippen LogP contribution is -2.55. The number of hydrogen-bond acceptors (Lipinski definition) is 7. The number of nitrogens with one attached hydrogen (secondary N) is 1. The van der Waals surface area contributed by atoms with Crippen LogP contribution in [-0.2, 0) is 4.79 Å². The van der Waals surface area contributed by atoms with Crippen LogP contribution in [0.4, 0.5) is 10.1 Å². The quantitative estimate of drug-likeness (QED) is 0.621. The van der Waals surface area contributed by atoms with E-state index in [1.165, 1.54) is 32.4 Å². The van der Waals surface area contributed by atoms with Crippen molar-refractivity contribution in [3.05, 3.63) is 58.0 Å². The number of ketones is 2. The van der Waals surface area contributed by atoms with Gasteiger partial charge in [0.25, 0.3) is 0 Å². The first-order valence-corrected chi connectivity index (χ1v) is 10.2. The van der Waals surface area contributed by atoms with Gasteiger partial charge in [0.1, 0.15) is 27.9 Å². The van der Waals surface area contributed by atoms with Gasteiger partial charge in [-0.2, -0.15) is 0 Å². The molecule has 8 nitrogen and oxygen atoms in total. The summed E-state index contributed by atoms with van der Waals surface area (Å²) in [5.74, 6) is -3.51. The Morgan fingerprint density at radius 3 is 2.55 bits per heavy atom. The van der Waals surface area contributed by atoms with Gasteiger partial charge in [-0.05, 0) is 24.6 Å². The summed E-state index contributed by atoms with van der Waals surface area (Å²) in [5.41, 5.74) is -1.62. The Hall–Kier alpha value is -3.59. The molecule has 0 amide bonds. The van der Waals surface area contributed by atoms with Crippen molar-refractivity contribution in [1.82, 2.24) is 0 Å². The van der Waals surface area contributed by atoms with Crippen LogP contribution >= 0.6 is 11.6 Å². The zero-order valence-electron chi connectivity index (χ0n) is 17.8. The molecular weight excluding hydrogens is 457 g/mol. The molecule has 0 aromatic heterocycles. The van der Waals surface area contributed by atoms with Gasteiger partial charge in [-0.15, -0.1) is 0 Å². The second kappa shape index (κ2) is 8.08. The average Bonchev–Trinajstić information content (AvgIpc) is 3.09. The molecule has 0 radical (unpaired) electrons. The molecule has 33 heavy (non-hydrogen) atoms. The lowest BCUT2D eigenvalue weighted by molar-refractivity contribution is -0.129. The smallest absolute Gasteiger partial charge is 0.337 e. The number of Topliss-reactive ketones (excluding diaryl/α,β-unsaturated/α-hetero) is 1. The SMILES string of the molecule is COc1cc(OC)c2c(c1Cl)OC1(C(=O)C=C(Nc3ccc(F)cc3C(=O)O)CC1C)C2=O. The lowest BCUT2D eigenvalue weighted by Gasteiger charge is -2.35. The van der Waals surface area contributed by atoms with E-state index >= 15 is 0 Å². The number of allylic oxidation sites excluding steroid dienone is 1. The van der Waals surface area contributed by atoms with Crippen molar-refractivity contribution in [1.29, 1.82) is 0 Å². The number of carbonyl (C=O) groups is 3. The topological polar surface area (TPSA) is 111 Å². The maximum Gasteiger partial charge on any atom is 0.337 e. The Kier molecular flexibility index (Phi) is 5.53. The number of benzene rings is 2. The maximum absolute atomic E-state index is 13.5.